The van der Waals surface area contributed by atoms with E-state index in [1.165, 1.54) is 0 Å². The molecule has 1 rings (SSSR count). The van der Waals surface area contributed by atoms with Crippen LogP contribution in [0.1, 0.15) is 38.4 Å². The summed E-state index contributed by atoms with van der Waals surface area (Å²) in [6.07, 6.45) is 0.667. The highest BCUT2D eigenvalue weighted by Gasteiger charge is 2.13. The molecule has 0 amide bonds. The molecule has 0 aliphatic carbocycles. The van der Waals surface area contributed by atoms with Gasteiger partial charge in [-0.05, 0) is 32.8 Å². The quantitative estimate of drug-likeness (QED) is 0.779. The van der Waals surface area contributed by atoms with Crippen molar-refractivity contribution in [2.45, 2.75) is 38.9 Å². The molecule has 0 fully saturated rings. The summed E-state index contributed by atoms with van der Waals surface area (Å²) in [5.74, 6) is 0.725. The molecule has 0 saturated carbocycles. The number of rotatable bonds is 6. The van der Waals surface area contributed by atoms with Crippen LogP contribution in [0.25, 0.3) is 0 Å². The predicted molar refractivity (Wildman–Crippen MR) is 63.5 cm³/mol. The van der Waals surface area contributed by atoms with Crippen LogP contribution in [0.2, 0.25) is 0 Å². The van der Waals surface area contributed by atoms with Gasteiger partial charge in [0.05, 0.1) is 12.2 Å². The Bertz CT molecular complexity index is 310. The van der Waals surface area contributed by atoms with Gasteiger partial charge < -0.3 is 14.9 Å². The van der Waals surface area contributed by atoms with Crippen molar-refractivity contribution < 1.29 is 14.9 Å². The molecule has 0 aromatic heterocycles. The van der Waals surface area contributed by atoms with Crippen LogP contribution in [0.5, 0.6) is 5.75 Å². The molecule has 1 unspecified atom stereocenters. The van der Waals surface area contributed by atoms with Gasteiger partial charge in [-0.2, -0.15) is 0 Å². The minimum Gasteiger partial charge on any atom is -0.491 e. The first-order valence-corrected chi connectivity index (χ1v) is 5.69. The maximum atomic E-state index is 9.95. The van der Waals surface area contributed by atoms with Crippen LogP contribution in [0.15, 0.2) is 24.3 Å². The van der Waals surface area contributed by atoms with E-state index >= 15 is 0 Å². The van der Waals surface area contributed by atoms with Gasteiger partial charge in [-0.1, -0.05) is 18.2 Å². The summed E-state index contributed by atoms with van der Waals surface area (Å²) in [7, 11) is 0. The van der Waals surface area contributed by atoms with Gasteiger partial charge in [0, 0.05) is 12.2 Å². The number of hydrogen-bond donors (Lipinski definition) is 2. The molecule has 90 valence electrons. The van der Waals surface area contributed by atoms with Crippen molar-refractivity contribution in [2.24, 2.45) is 0 Å². The Hall–Kier alpha value is -1.06. The monoisotopic (exact) mass is 224 g/mol. The van der Waals surface area contributed by atoms with Crippen molar-refractivity contribution in [1.82, 2.24) is 0 Å². The summed E-state index contributed by atoms with van der Waals surface area (Å²) in [4.78, 5) is 0. The molecule has 1 aromatic rings. The van der Waals surface area contributed by atoms with Gasteiger partial charge in [0.15, 0.2) is 0 Å². The Morgan fingerprint density at radius 3 is 2.56 bits per heavy atom. The topological polar surface area (TPSA) is 49.7 Å². The number of benzene rings is 1. The number of aliphatic hydroxyl groups is 2. The number of aliphatic hydroxyl groups excluding tert-OH is 2. The Morgan fingerprint density at radius 1 is 1.25 bits per heavy atom. The molecule has 0 aliphatic heterocycles. The Kier molecular flexibility index (Phi) is 5.29. The summed E-state index contributed by atoms with van der Waals surface area (Å²) in [6, 6.07) is 7.49. The van der Waals surface area contributed by atoms with Crippen LogP contribution in [0.3, 0.4) is 0 Å². The number of para-hydroxylation sites is 1. The van der Waals surface area contributed by atoms with Gasteiger partial charge >= 0.3 is 0 Å². The maximum absolute atomic E-state index is 9.95. The normalized spacial score (nSPS) is 12.8. The van der Waals surface area contributed by atoms with Crippen LogP contribution in [-0.4, -0.2) is 22.9 Å². The Morgan fingerprint density at radius 2 is 1.94 bits per heavy atom. The lowest BCUT2D eigenvalue weighted by molar-refractivity contribution is 0.143. The van der Waals surface area contributed by atoms with Gasteiger partial charge in [-0.25, -0.2) is 0 Å². The van der Waals surface area contributed by atoms with Crippen molar-refractivity contribution in [2.75, 3.05) is 6.61 Å². The Balaban J connectivity index is 2.76. The third-order valence-corrected chi connectivity index (χ3v) is 2.28. The maximum Gasteiger partial charge on any atom is 0.125 e. The lowest BCUT2D eigenvalue weighted by Gasteiger charge is -2.17. The zero-order valence-electron chi connectivity index (χ0n) is 9.89. The van der Waals surface area contributed by atoms with Crippen LogP contribution < -0.4 is 4.74 Å². The second-order valence-corrected chi connectivity index (χ2v) is 4.09. The average Bonchev–Trinajstić information content (AvgIpc) is 2.26. The van der Waals surface area contributed by atoms with E-state index < -0.39 is 6.10 Å². The first-order chi connectivity index (χ1) is 7.65. The molecule has 0 radical (unpaired) electrons. The minimum atomic E-state index is -0.568. The molecular formula is C13H20O3. The van der Waals surface area contributed by atoms with E-state index in [0.29, 0.717) is 12.8 Å². The zero-order chi connectivity index (χ0) is 12.0. The van der Waals surface area contributed by atoms with E-state index in [-0.39, 0.29) is 12.7 Å². The summed E-state index contributed by atoms with van der Waals surface area (Å²) in [5, 5.41) is 18.7. The first-order valence-electron chi connectivity index (χ1n) is 5.69. The van der Waals surface area contributed by atoms with Crippen LogP contribution in [-0.2, 0) is 0 Å². The fourth-order valence-corrected chi connectivity index (χ4v) is 1.56. The lowest BCUT2D eigenvalue weighted by Crippen LogP contribution is -2.09. The molecule has 0 aliphatic rings. The molecule has 1 atom stereocenters. The van der Waals surface area contributed by atoms with Crippen molar-refractivity contribution >= 4 is 0 Å². The molecule has 0 spiro atoms. The zero-order valence-corrected chi connectivity index (χ0v) is 9.89. The van der Waals surface area contributed by atoms with Crippen molar-refractivity contribution in [3.05, 3.63) is 29.8 Å². The fraction of sp³-hybridized carbons (Fsp3) is 0.538. The smallest absolute Gasteiger partial charge is 0.125 e. The second kappa shape index (κ2) is 6.51. The lowest BCUT2D eigenvalue weighted by atomic mass is 10.0. The second-order valence-electron chi connectivity index (χ2n) is 4.09. The predicted octanol–water partition coefficient (Wildman–Crippen LogP) is 2.28. The molecule has 3 nitrogen and oxygen atoms in total. The number of ether oxygens (including phenoxy) is 1. The van der Waals surface area contributed by atoms with Crippen LogP contribution >= 0.6 is 0 Å². The van der Waals surface area contributed by atoms with E-state index in [1.807, 2.05) is 38.1 Å². The largest absolute Gasteiger partial charge is 0.491 e. The molecule has 16 heavy (non-hydrogen) atoms. The van der Waals surface area contributed by atoms with Gasteiger partial charge in [-0.3, -0.25) is 0 Å². The van der Waals surface area contributed by atoms with Gasteiger partial charge in [0.2, 0.25) is 0 Å². The van der Waals surface area contributed by atoms with Crippen molar-refractivity contribution in [3.8, 4) is 5.75 Å². The van der Waals surface area contributed by atoms with E-state index in [1.54, 1.807) is 0 Å². The van der Waals surface area contributed by atoms with Crippen molar-refractivity contribution in [1.29, 1.82) is 0 Å². The van der Waals surface area contributed by atoms with E-state index in [9.17, 15) is 5.11 Å². The summed E-state index contributed by atoms with van der Waals surface area (Å²) in [5.41, 5.74) is 0.796. The van der Waals surface area contributed by atoms with Gasteiger partial charge in [-0.15, -0.1) is 0 Å². The van der Waals surface area contributed by atoms with Gasteiger partial charge in [0.25, 0.3) is 0 Å². The highest BCUT2D eigenvalue weighted by Crippen LogP contribution is 2.28. The first kappa shape index (κ1) is 13.0. The standard InChI is InChI=1S/C13H20O3/c1-10(2)16-13-8-4-3-6-11(13)12(15)7-5-9-14/h3-4,6,8,10,12,14-15H,5,7,9H2,1-2H3. The van der Waals surface area contributed by atoms with Crippen LogP contribution in [0, 0.1) is 0 Å². The molecule has 3 heteroatoms. The van der Waals surface area contributed by atoms with E-state index in [0.717, 1.165) is 11.3 Å². The minimum absolute atomic E-state index is 0.0891. The Labute approximate surface area is 96.7 Å². The summed E-state index contributed by atoms with van der Waals surface area (Å²) < 4.78 is 5.62. The molecule has 0 bridgehead atoms. The average molecular weight is 224 g/mol. The third-order valence-electron chi connectivity index (χ3n) is 2.28. The molecule has 0 saturated heterocycles. The molecule has 0 heterocycles. The van der Waals surface area contributed by atoms with E-state index in [4.69, 9.17) is 9.84 Å². The van der Waals surface area contributed by atoms with Gasteiger partial charge in [0.1, 0.15) is 5.75 Å². The van der Waals surface area contributed by atoms with E-state index in [2.05, 4.69) is 0 Å². The highest BCUT2D eigenvalue weighted by molar-refractivity contribution is 5.35. The van der Waals surface area contributed by atoms with Crippen molar-refractivity contribution in [3.63, 3.8) is 0 Å². The molecule has 1 aromatic carbocycles. The summed E-state index contributed by atoms with van der Waals surface area (Å²) >= 11 is 0. The SMILES string of the molecule is CC(C)Oc1ccccc1C(O)CCCO. The molecule has 2 N–H and O–H groups in total. The fourth-order valence-electron chi connectivity index (χ4n) is 1.56. The summed E-state index contributed by atoms with van der Waals surface area (Å²) in [6.45, 7) is 4.01. The number of hydrogen-bond acceptors (Lipinski definition) is 3. The van der Waals surface area contributed by atoms with Crippen LogP contribution in [0.4, 0.5) is 0 Å². The third kappa shape index (κ3) is 3.83. The molecular weight excluding hydrogens is 204 g/mol. The highest BCUT2D eigenvalue weighted by atomic mass is 16.5.